The van der Waals surface area contributed by atoms with Gasteiger partial charge in [-0.05, 0) is 37.3 Å². The summed E-state index contributed by atoms with van der Waals surface area (Å²) in [5, 5.41) is 2.79. The van der Waals surface area contributed by atoms with E-state index in [0.717, 1.165) is 5.56 Å². The molecule has 26 heavy (non-hydrogen) atoms. The minimum absolute atomic E-state index is 0.00815. The second kappa shape index (κ2) is 8.29. The highest BCUT2D eigenvalue weighted by Crippen LogP contribution is 2.14. The predicted octanol–water partition coefficient (Wildman–Crippen LogP) is 2.41. The molecule has 6 heteroatoms. The number of carbonyl (C=O) groups excluding carboxylic acids is 3. The van der Waals surface area contributed by atoms with E-state index in [1.54, 1.807) is 57.5 Å². The van der Waals surface area contributed by atoms with Gasteiger partial charge in [-0.3, -0.25) is 14.4 Å². The molecule has 0 aliphatic heterocycles. The summed E-state index contributed by atoms with van der Waals surface area (Å²) in [6.45, 7) is 1.94. The number of amides is 3. The van der Waals surface area contributed by atoms with Crippen molar-refractivity contribution < 1.29 is 14.4 Å². The van der Waals surface area contributed by atoms with E-state index in [2.05, 4.69) is 5.32 Å². The lowest BCUT2D eigenvalue weighted by molar-refractivity contribution is -0.129. The second-order valence-corrected chi connectivity index (χ2v) is 6.35. The molecule has 2 aromatic carbocycles. The molecule has 0 aromatic heterocycles. The van der Waals surface area contributed by atoms with Crippen molar-refractivity contribution in [2.24, 2.45) is 0 Å². The molecule has 0 radical (unpaired) electrons. The highest BCUT2D eigenvalue weighted by Gasteiger charge is 2.16. The summed E-state index contributed by atoms with van der Waals surface area (Å²) in [4.78, 5) is 39.3. The Balaban J connectivity index is 2.09. The van der Waals surface area contributed by atoms with Gasteiger partial charge in [0.1, 0.15) is 0 Å². The van der Waals surface area contributed by atoms with E-state index in [4.69, 9.17) is 0 Å². The molecule has 3 amide bonds. The minimum Gasteiger partial charge on any atom is -0.347 e. The molecule has 0 aliphatic rings. The second-order valence-electron chi connectivity index (χ2n) is 6.35. The van der Waals surface area contributed by atoms with E-state index in [1.165, 1.54) is 9.80 Å². The number of nitrogens with one attached hydrogen (secondary N) is 1. The fourth-order valence-electron chi connectivity index (χ4n) is 2.27. The first kappa shape index (κ1) is 19.2. The van der Waals surface area contributed by atoms with Crippen molar-refractivity contribution in [3.63, 3.8) is 0 Å². The van der Waals surface area contributed by atoms with E-state index in [9.17, 15) is 14.4 Å². The van der Waals surface area contributed by atoms with Gasteiger partial charge in [-0.15, -0.1) is 0 Å². The molecule has 2 aromatic rings. The highest BCUT2D eigenvalue weighted by atomic mass is 16.2. The minimum atomic E-state index is -0.286. The van der Waals surface area contributed by atoms with Crippen molar-refractivity contribution in [3.05, 3.63) is 65.2 Å². The molecule has 0 spiro atoms. The van der Waals surface area contributed by atoms with Crippen LogP contribution in [0, 0.1) is 6.92 Å². The average molecular weight is 353 g/mol. The van der Waals surface area contributed by atoms with Crippen molar-refractivity contribution in [1.82, 2.24) is 9.80 Å². The number of hydrogen-bond acceptors (Lipinski definition) is 3. The van der Waals surface area contributed by atoms with Crippen LogP contribution in [0.3, 0.4) is 0 Å². The summed E-state index contributed by atoms with van der Waals surface area (Å²) >= 11 is 0. The van der Waals surface area contributed by atoms with Crippen LogP contribution >= 0.6 is 0 Å². The first-order valence-corrected chi connectivity index (χ1v) is 8.21. The number of rotatable bonds is 5. The SMILES string of the molecule is Cc1ccc(C(=O)Nc2cccc(C(=O)N(C)CC(=O)N(C)C)c2)cc1. The van der Waals surface area contributed by atoms with Crippen molar-refractivity contribution in [2.45, 2.75) is 6.92 Å². The van der Waals surface area contributed by atoms with Crippen LogP contribution in [0.2, 0.25) is 0 Å². The number of likely N-dealkylation sites (N-methyl/N-ethyl adjacent to an activating group) is 2. The van der Waals surface area contributed by atoms with E-state index in [0.29, 0.717) is 16.8 Å². The van der Waals surface area contributed by atoms with Gasteiger partial charge >= 0.3 is 0 Å². The van der Waals surface area contributed by atoms with Gasteiger partial charge in [-0.1, -0.05) is 23.8 Å². The quantitative estimate of drug-likeness (QED) is 0.897. The zero-order valence-electron chi connectivity index (χ0n) is 15.4. The molecule has 1 N–H and O–H groups in total. The summed E-state index contributed by atoms with van der Waals surface area (Å²) in [7, 11) is 4.85. The molecule has 0 bridgehead atoms. The van der Waals surface area contributed by atoms with E-state index in [-0.39, 0.29) is 24.3 Å². The van der Waals surface area contributed by atoms with Gasteiger partial charge in [0.15, 0.2) is 0 Å². The van der Waals surface area contributed by atoms with Gasteiger partial charge in [0.2, 0.25) is 5.91 Å². The number of anilines is 1. The van der Waals surface area contributed by atoms with Crippen molar-refractivity contribution in [3.8, 4) is 0 Å². The molecule has 0 atom stereocenters. The zero-order chi connectivity index (χ0) is 19.3. The van der Waals surface area contributed by atoms with Crippen LogP contribution in [-0.4, -0.2) is 55.2 Å². The van der Waals surface area contributed by atoms with Crippen LogP contribution in [0.5, 0.6) is 0 Å². The number of aryl methyl sites for hydroxylation is 1. The number of carbonyl (C=O) groups is 3. The Labute approximate surface area is 153 Å². The fourth-order valence-corrected chi connectivity index (χ4v) is 2.27. The summed E-state index contributed by atoms with van der Waals surface area (Å²) < 4.78 is 0. The molecule has 0 saturated heterocycles. The Morgan fingerprint density at radius 2 is 1.58 bits per heavy atom. The van der Waals surface area contributed by atoms with Crippen molar-refractivity contribution in [1.29, 1.82) is 0 Å². The molecule has 136 valence electrons. The third-order valence-electron chi connectivity index (χ3n) is 3.90. The molecule has 0 aliphatic carbocycles. The van der Waals surface area contributed by atoms with Crippen LogP contribution in [-0.2, 0) is 4.79 Å². The maximum absolute atomic E-state index is 12.5. The van der Waals surface area contributed by atoms with Crippen LogP contribution in [0.25, 0.3) is 0 Å². The van der Waals surface area contributed by atoms with Crippen LogP contribution in [0.15, 0.2) is 48.5 Å². The van der Waals surface area contributed by atoms with Gasteiger partial charge in [-0.25, -0.2) is 0 Å². The maximum Gasteiger partial charge on any atom is 0.255 e. The summed E-state index contributed by atoms with van der Waals surface area (Å²) in [5.74, 6) is -0.693. The van der Waals surface area contributed by atoms with Crippen molar-refractivity contribution >= 4 is 23.4 Å². The maximum atomic E-state index is 12.5. The third-order valence-corrected chi connectivity index (χ3v) is 3.90. The Bertz CT molecular complexity index is 813. The zero-order valence-corrected chi connectivity index (χ0v) is 15.4. The number of hydrogen-bond donors (Lipinski definition) is 1. The Morgan fingerprint density at radius 1 is 0.923 bits per heavy atom. The highest BCUT2D eigenvalue weighted by molar-refractivity contribution is 6.05. The first-order valence-electron chi connectivity index (χ1n) is 8.21. The number of nitrogens with zero attached hydrogens (tertiary/aromatic N) is 2. The van der Waals surface area contributed by atoms with Gasteiger partial charge in [0, 0.05) is 38.0 Å². The van der Waals surface area contributed by atoms with E-state index >= 15 is 0 Å². The molecule has 0 unspecified atom stereocenters. The molecule has 0 saturated carbocycles. The van der Waals surface area contributed by atoms with Crippen LogP contribution in [0.1, 0.15) is 26.3 Å². The lowest BCUT2D eigenvalue weighted by Crippen LogP contribution is -2.37. The van der Waals surface area contributed by atoms with Gasteiger partial charge in [0.05, 0.1) is 6.54 Å². The molecular formula is C20H23N3O3. The molecule has 0 fully saturated rings. The lowest BCUT2D eigenvalue weighted by atomic mass is 10.1. The lowest BCUT2D eigenvalue weighted by Gasteiger charge is -2.19. The molecular weight excluding hydrogens is 330 g/mol. The normalized spacial score (nSPS) is 10.2. The van der Waals surface area contributed by atoms with Gasteiger partial charge in [0.25, 0.3) is 11.8 Å². The smallest absolute Gasteiger partial charge is 0.255 e. The fraction of sp³-hybridized carbons (Fsp3) is 0.250. The van der Waals surface area contributed by atoms with Crippen LogP contribution < -0.4 is 5.32 Å². The number of benzene rings is 2. The van der Waals surface area contributed by atoms with E-state index in [1.807, 2.05) is 19.1 Å². The molecule has 0 heterocycles. The van der Waals surface area contributed by atoms with E-state index < -0.39 is 0 Å². The molecule has 2 rings (SSSR count). The van der Waals surface area contributed by atoms with Crippen LogP contribution in [0.4, 0.5) is 5.69 Å². The van der Waals surface area contributed by atoms with Gasteiger partial charge in [-0.2, -0.15) is 0 Å². The van der Waals surface area contributed by atoms with Gasteiger partial charge < -0.3 is 15.1 Å². The Kier molecular flexibility index (Phi) is 6.11. The standard InChI is InChI=1S/C20H23N3O3/c1-14-8-10-15(11-9-14)19(25)21-17-7-5-6-16(12-17)20(26)23(4)13-18(24)22(2)3/h5-12H,13H2,1-4H3,(H,21,25). The summed E-state index contributed by atoms with van der Waals surface area (Å²) in [6, 6.07) is 13.9. The first-order chi connectivity index (χ1) is 12.3. The average Bonchev–Trinajstić information content (AvgIpc) is 2.61. The third kappa shape index (κ3) is 4.92. The summed E-state index contributed by atoms with van der Waals surface area (Å²) in [5.41, 5.74) is 2.54. The van der Waals surface area contributed by atoms with Crippen molar-refractivity contribution in [2.75, 3.05) is 33.0 Å². The molecule has 6 nitrogen and oxygen atoms in total. The monoisotopic (exact) mass is 353 g/mol. The summed E-state index contributed by atoms with van der Waals surface area (Å²) in [6.07, 6.45) is 0. The topological polar surface area (TPSA) is 69.7 Å². The Morgan fingerprint density at radius 3 is 2.19 bits per heavy atom. The predicted molar refractivity (Wildman–Crippen MR) is 101 cm³/mol. The Hall–Kier alpha value is -3.15. The largest absolute Gasteiger partial charge is 0.347 e.